The molecule has 194 valence electrons. The molecule has 0 atom stereocenters. The number of carbonyl (C=O) groups excluding carboxylic acids is 1. The average molecular weight is 556 g/mol. The molecule has 34 heavy (non-hydrogen) atoms. The number of halogens is 1. The lowest BCUT2D eigenvalue weighted by Crippen LogP contribution is -2.39. The SMILES string of the molecule is CCCCCCCCCCCCCCCCNC(=S)NC(=O)c1ccc(OCCCC)c(Br)c1. The Bertz CT molecular complexity index is 684. The number of hydrogen-bond acceptors (Lipinski definition) is 3. The normalized spacial score (nSPS) is 10.8. The zero-order chi connectivity index (χ0) is 24.9. The quantitative estimate of drug-likeness (QED) is 0.125. The van der Waals surface area contributed by atoms with Crippen molar-refractivity contribution < 1.29 is 9.53 Å². The van der Waals surface area contributed by atoms with Crippen LogP contribution in [0.4, 0.5) is 0 Å². The number of rotatable bonds is 20. The monoisotopic (exact) mass is 554 g/mol. The maximum absolute atomic E-state index is 12.4. The summed E-state index contributed by atoms with van der Waals surface area (Å²) in [6.45, 7) is 5.87. The Balaban J connectivity index is 2.02. The van der Waals surface area contributed by atoms with Gasteiger partial charge >= 0.3 is 0 Å². The zero-order valence-corrected chi connectivity index (χ0v) is 24.0. The second-order valence-electron chi connectivity index (χ2n) is 9.15. The summed E-state index contributed by atoms with van der Waals surface area (Å²) >= 11 is 8.76. The second-order valence-corrected chi connectivity index (χ2v) is 10.4. The molecule has 0 saturated carbocycles. The van der Waals surface area contributed by atoms with Crippen LogP contribution in [0, 0.1) is 0 Å². The summed E-state index contributed by atoms with van der Waals surface area (Å²) in [7, 11) is 0. The highest BCUT2D eigenvalue weighted by atomic mass is 79.9. The molecule has 0 heterocycles. The highest BCUT2D eigenvalue weighted by Crippen LogP contribution is 2.26. The Labute approximate surface area is 222 Å². The van der Waals surface area contributed by atoms with Crippen LogP contribution >= 0.6 is 28.1 Å². The van der Waals surface area contributed by atoms with Gasteiger partial charge in [-0.05, 0) is 59.2 Å². The van der Waals surface area contributed by atoms with Gasteiger partial charge in [-0.3, -0.25) is 10.1 Å². The van der Waals surface area contributed by atoms with Gasteiger partial charge in [0, 0.05) is 12.1 Å². The molecule has 0 spiro atoms. The summed E-state index contributed by atoms with van der Waals surface area (Å²) in [6.07, 6.45) is 20.9. The van der Waals surface area contributed by atoms with Gasteiger partial charge < -0.3 is 10.1 Å². The van der Waals surface area contributed by atoms with Crippen LogP contribution in [0.5, 0.6) is 5.75 Å². The maximum Gasteiger partial charge on any atom is 0.257 e. The van der Waals surface area contributed by atoms with Gasteiger partial charge in [0.25, 0.3) is 5.91 Å². The predicted molar refractivity (Wildman–Crippen MR) is 153 cm³/mol. The largest absolute Gasteiger partial charge is 0.492 e. The lowest BCUT2D eigenvalue weighted by molar-refractivity contribution is 0.0976. The maximum atomic E-state index is 12.4. The zero-order valence-electron chi connectivity index (χ0n) is 21.6. The first-order valence-electron chi connectivity index (χ1n) is 13.6. The van der Waals surface area contributed by atoms with E-state index in [4.69, 9.17) is 17.0 Å². The number of hydrogen-bond donors (Lipinski definition) is 2. The molecule has 1 amide bonds. The van der Waals surface area contributed by atoms with Gasteiger partial charge in [-0.2, -0.15) is 0 Å². The van der Waals surface area contributed by atoms with Gasteiger partial charge in [0.05, 0.1) is 11.1 Å². The second kappa shape index (κ2) is 21.2. The number of ether oxygens (including phenoxy) is 1. The van der Waals surface area contributed by atoms with Crippen LogP contribution in [-0.4, -0.2) is 24.2 Å². The van der Waals surface area contributed by atoms with Gasteiger partial charge in [0.2, 0.25) is 0 Å². The molecule has 0 radical (unpaired) electrons. The fourth-order valence-corrected chi connectivity index (χ4v) is 4.51. The molecular weight excluding hydrogens is 508 g/mol. The molecule has 0 unspecified atom stereocenters. The molecule has 0 aliphatic carbocycles. The molecule has 1 rings (SSSR count). The first kappa shape index (κ1) is 30.9. The van der Waals surface area contributed by atoms with Crippen LogP contribution in [0.3, 0.4) is 0 Å². The summed E-state index contributed by atoms with van der Waals surface area (Å²) in [5, 5.41) is 6.30. The Morgan fingerprint density at radius 1 is 0.824 bits per heavy atom. The van der Waals surface area contributed by atoms with Gasteiger partial charge in [-0.15, -0.1) is 0 Å². The number of carbonyl (C=O) groups is 1. The molecule has 6 heteroatoms. The molecule has 0 aromatic heterocycles. The number of unbranched alkanes of at least 4 members (excludes halogenated alkanes) is 14. The third-order valence-corrected chi connectivity index (χ3v) is 6.86. The minimum atomic E-state index is -0.209. The van der Waals surface area contributed by atoms with Crippen molar-refractivity contribution in [3.05, 3.63) is 28.2 Å². The Hall–Kier alpha value is -1.14. The van der Waals surface area contributed by atoms with E-state index in [0.717, 1.165) is 36.0 Å². The highest BCUT2D eigenvalue weighted by Gasteiger charge is 2.10. The van der Waals surface area contributed by atoms with Crippen LogP contribution in [0.15, 0.2) is 22.7 Å². The molecule has 1 aromatic rings. The summed E-state index contributed by atoms with van der Waals surface area (Å²) in [5.41, 5.74) is 0.551. The predicted octanol–water partition coefficient (Wildman–Crippen LogP) is 8.71. The first-order valence-corrected chi connectivity index (χ1v) is 14.8. The van der Waals surface area contributed by atoms with Crippen molar-refractivity contribution in [1.29, 1.82) is 0 Å². The van der Waals surface area contributed by atoms with E-state index in [1.165, 1.54) is 83.5 Å². The molecule has 0 bridgehead atoms. The van der Waals surface area contributed by atoms with Crippen LogP contribution < -0.4 is 15.4 Å². The number of thiocarbonyl (C=S) groups is 1. The van der Waals surface area contributed by atoms with E-state index in [1.54, 1.807) is 12.1 Å². The van der Waals surface area contributed by atoms with E-state index < -0.39 is 0 Å². The van der Waals surface area contributed by atoms with E-state index in [1.807, 2.05) is 6.07 Å². The van der Waals surface area contributed by atoms with Crippen LogP contribution in [0.2, 0.25) is 0 Å². The van der Waals surface area contributed by atoms with Gasteiger partial charge in [-0.25, -0.2) is 0 Å². The van der Waals surface area contributed by atoms with Gasteiger partial charge in [0.1, 0.15) is 5.75 Å². The van der Waals surface area contributed by atoms with Crippen molar-refractivity contribution in [3.8, 4) is 5.75 Å². The molecule has 1 aromatic carbocycles. The van der Waals surface area contributed by atoms with E-state index in [2.05, 4.69) is 40.4 Å². The van der Waals surface area contributed by atoms with Gasteiger partial charge in [0.15, 0.2) is 5.11 Å². The van der Waals surface area contributed by atoms with Crippen molar-refractivity contribution in [1.82, 2.24) is 10.6 Å². The summed E-state index contributed by atoms with van der Waals surface area (Å²) in [5.74, 6) is 0.544. The highest BCUT2D eigenvalue weighted by molar-refractivity contribution is 9.10. The number of amides is 1. The Morgan fingerprint density at radius 2 is 1.35 bits per heavy atom. The number of benzene rings is 1. The summed E-state index contributed by atoms with van der Waals surface area (Å²) in [6, 6.07) is 5.35. The summed E-state index contributed by atoms with van der Waals surface area (Å²) < 4.78 is 6.49. The van der Waals surface area contributed by atoms with Gasteiger partial charge in [-0.1, -0.05) is 104 Å². The van der Waals surface area contributed by atoms with Crippen molar-refractivity contribution >= 4 is 39.2 Å². The molecule has 4 nitrogen and oxygen atoms in total. The third-order valence-electron chi connectivity index (χ3n) is 5.99. The lowest BCUT2D eigenvalue weighted by Gasteiger charge is -2.11. The van der Waals surface area contributed by atoms with Crippen LogP contribution in [0.1, 0.15) is 127 Å². The lowest BCUT2D eigenvalue weighted by atomic mass is 10.0. The molecule has 2 N–H and O–H groups in total. The van der Waals surface area contributed by atoms with Crippen molar-refractivity contribution in [2.45, 2.75) is 117 Å². The first-order chi connectivity index (χ1) is 16.6. The third kappa shape index (κ3) is 15.7. The standard InChI is InChI=1S/C28H47BrN2O2S/c1-3-5-7-8-9-10-11-12-13-14-15-16-17-18-21-30-28(34)31-27(32)24-19-20-26(25(29)23-24)33-22-6-4-2/h19-20,23H,3-18,21-22H2,1-2H3,(H2,30,31,32,34). The van der Waals surface area contributed by atoms with E-state index in [0.29, 0.717) is 17.3 Å². The molecular formula is C28H47BrN2O2S. The Kier molecular flexibility index (Phi) is 19.2. The Morgan fingerprint density at radius 3 is 1.88 bits per heavy atom. The fourth-order valence-electron chi connectivity index (χ4n) is 3.83. The van der Waals surface area contributed by atoms with Crippen LogP contribution in [0.25, 0.3) is 0 Å². The minimum absolute atomic E-state index is 0.209. The average Bonchev–Trinajstić information content (AvgIpc) is 2.82. The molecule has 0 aliphatic rings. The fraction of sp³-hybridized carbons (Fsp3) is 0.714. The van der Waals surface area contributed by atoms with E-state index in [9.17, 15) is 4.79 Å². The summed E-state index contributed by atoms with van der Waals surface area (Å²) in [4.78, 5) is 12.4. The van der Waals surface area contributed by atoms with Crippen LogP contribution in [-0.2, 0) is 0 Å². The number of nitrogens with one attached hydrogen (secondary N) is 2. The minimum Gasteiger partial charge on any atom is -0.492 e. The van der Waals surface area contributed by atoms with E-state index in [-0.39, 0.29) is 5.91 Å². The topological polar surface area (TPSA) is 50.4 Å². The van der Waals surface area contributed by atoms with Crippen molar-refractivity contribution in [3.63, 3.8) is 0 Å². The smallest absolute Gasteiger partial charge is 0.257 e. The molecule has 0 fully saturated rings. The van der Waals surface area contributed by atoms with E-state index >= 15 is 0 Å². The van der Waals surface area contributed by atoms with Crippen molar-refractivity contribution in [2.24, 2.45) is 0 Å². The molecule has 0 aliphatic heterocycles. The molecule has 0 saturated heterocycles. The van der Waals surface area contributed by atoms with Crippen molar-refractivity contribution in [2.75, 3.05) is 13.2 Å².